The number of nitro groups is 2. The van der Waals surface area contributed by atoms with E-state index in [4.69, 9.17) is 0 Å². The van der Waals surface area contributed by atoms with Gasteiger partial charge in [0.15, 0.2) is 0 Å². The summed E-state index contributed by atoms with van der Waals surface area (Å²) in [6.45, 7) is 9.75. The Hall–Kier alpha value is -2.31. The molecule has 0 radical (unpaired) electrons. The zero-order chi connectivity index (χ0) is 17.4. The first-order valence-electron chi connectivity index (χ1n) is 6.86. The highest BCUT2D eigenvalue weighted by Crippen LogP contribution is 2.45. The molecular weight excluding hydrogens is 288 g/mol. The molecule has 0 fully saturated rings. The van der Waals surface area contributed by atoms with Crippen LogP contribution in [0, 0.1) is 34.1 Å². The first-order chi connectivity index (χ1) is 9.95. The molecule has 1 aromatic rings. The minimum Gasteiger partial charge on any atom is -0.303 e. The van der Waals surface area contributed by atoms with Crippen LogP contribution in [0.15, 0.2) is 0 Å². The van der Waals surface area contributed by atoms with E-state index >= 15 is 0 Å². The third-order valence-electron chi connectivity index (χ3n) is 3.77. The van der Waals surface area contributed by atoms with Gasteiger partial charge < -0.3 is 4.79 Å². The van der Waals surface area contributed by atoms with Gasteiger partial charge in [0.05, 0.1) is 9.85 Å². The van der Waals surface area contributed by atoms with Crippen molar-refractivity contribution in [3.8, 4) is 0 Å². The highest BCUT2D eigenvalue weighted by Gasteiger charge is 2.39. The number of carbonyl (C=O) groups excluding carboxylic acids is 1. The van der Waals surface area contributed by atoms with Crippen molar-refractivity contribution in [3.05, 3.63) is 42.5 Å². The van der Waals surface area contributed by atoms with Gasteiger partial charge >= 0.3 is 0 Å². The zero-order valence-electron chi connectivity index (χ0n) is 13.6. The van der Waals surface area contributed by atoms with Crippen molar-refractivity contribution in [2.24, 2.45) is 0 Å². The fraction of sp³-hybridized carbons (Fsp3) is 0.533. The van der Waals surface area contributed by atoms with Crippen molar-refractivity contribution in [2.45, 2.75) is 52.9 Å². The number of nitro benzene ring substituents is 2. The van der Waals surface area contributed by atoms with Gasteiger partial charge in [-0.3, -0.25) is 20.2 Å². The molecule has 7 nitrogen and oxygen atoms in total. The van der Waals surface area contributed by atoms with E-state index in [0.717, 1.165) is 0 Å². The molecule has 0 saturated heterocycles. The number of benzene rings is 1. The average molecular weight is 308 g/mol. The topological polar surface area (TPSA) is 103 Å². The zero-order valence-corrected chi connectivity index (χ0v) is 13.6. The smallest absolute Gasteiger partial charge is 0.283 e. The maximum absolute atomic E-state index is 11.5. The second-order valence-corrected chi connectivity index (χ2v) is 6.42. The van der Waals surface area contributed by atoms with Crippen LogP contribution in [0.25, 0.3) is 0 Å². The molecule has 1 aromatic carbocycles. The van der Waals surface area contributed by atoms with Crippen molar-refractivity contribution in [3.63, 3.8) is 0 Å². The molecule has 0 aliphatic rings. The van der Waals surface area contributed by atoms with Crippen LogP contribution in [-0.4, -0.2) is 16.1 Å². The third kappa shape index (κ3) is 2.84. The molecule has 0 bridgehead atoms. The van der Waals surface area contributed by atoms with Gasteiger partial charge in [-0.1, -0.05) is 27.7 Å². The largest absolute Gasteiger partial charge is 0.303 e. The van der Waals surface area contributed by atoms with Crippen molar-refractivity contribution in [2.75, 3.05) is 0 Å². The average Bonchev–Trinajstić information content (AvgIpc) is 2.35. The number of aldehydes is 1. The Kier molecular flexibility index (Phi) is 4.70. The van der Waals surface area contributed by atoms with Crippen molar-refractivity contribution in [1.82, 2.24) is 0 Å². The molecule has 0 N–H and O–H groups in total. The highest BCUT2D eigenvalue weighted by atomic mass is 16.6. The summed E-state index contributed by atoms with van der Waals surface area (Å²) >= 11 is 0. The Bertz CT molecular complexity index is 618. The minimum absolute atomic E-state index is 0.0966. The monoisotopic (exact) mass is 308 g/mol. The highest BCUT2D eigenvalue weighted by molar-refractivity contribution is 5.73. The lowest BCUT2D eigenvalue weighted by molar-refractivity contribution is -0.397. The van der Waals surface area contributed by atoms with Crippen LogP contribution in [0.1, 0.15) is 55.9 Å². The van der Waals surface area contributed by atoms with E-state index in [0.29, 0.717) is 23.0 Å². The predicted octanol–water partition coefficient (Wildman–Crippen LogP) is 3.72. The van der Waals surface area contributed by atoms with Crippen molar-refractivity contribution >= 4 is 17.7 Å². The van der Waals surface area contributed by atoms with E-state index < -0.39 is 21.2 Å². The molecule has 1 unspecified atom stereocenters. The molecule has 0 heterocycles. The molecule has 22 heavy (non-hydrogen) atoms. The lowest BCUT2D eigenvalue weighted by Gasteiger charge is -2.23. The van der Waals surface area contributed by atoms with Gasteiger partial charge in [0.2, 0.25) is 0 Å². The lowest BCUT2D eigenvalue weighted by Crippen LogP contribution is -2.20. The van der Waals surface area contributed by atoms with Gasteiger partial charge in [0.25, 0.3) is 11.4 Å². The molecule has 0 aromatic heterocycles. The van der Waals surface area contributed by atoms with E-state index in [1.54, 1.807) is 41.5 Å². The van der Waals surface area contributed by atoms with Crippen LogP contribution in [0.2, 0.25) is 0 Å². The van der Waals surface area contributed by atoms with Gasteiger partial charge in [-0.25, -0.2) is 0 Å². The second-order valence-electron chi connectivity index (χ2n) is 6.42. The molecule has 0 spiro atoms. The summed E-state index contributed by atoms with van der Waals surface area (Å²) < 4.78 is 0. The summed E-state index contributed by atoms with van der Waals surface area (Å²) in [5, 5.41) is 23.1. The summed E-state index contributed by atoms with van der Waals surface area (Å²) in [5.74, 6) is -0.647. The number of carbonyl (C=O) groups is 1. The summed E-state index contributed by atoms with van der Waals surface area (Å²) in [4.78, 5) is 33.0. The fourth-order valence-corrected chi connectivity index (χ4v) is 2.94. The summed E-state index contributed by atoms with van der Waals surface area (Å²) in [7, 11) is 0. The van der Waals surface area contributed by atoms with Gasteiger partial charge in [-0.2, -0.15) is 0 Å². The molecule has 120 valence electrons. The lowest BCUT2D eigenvalue weighted by atomic mass is 9.78. The first kappa shape index (κ1) is 17.7. The third-order valence-corrected chi connectivity index (χ3v) is 3.77. The van der Waals surface area contributed by atoms with E-state index in [9.17, 15) is 25.0 Å². The Morgan fingerprint density at radius 2 is 1.36 bits per heavy atom. The van der Waals surface area contributed by atoms with Crippen LogP contribution in [0.5, 0.6) is 0 Å². The molecule has 0 amide bonds. The quantitative estimate of drug-likeness (QED) is 0.479. The molecule has 1 atom stereocenters. The minimum atomic E-state index is -0.775. The van der Waals surface area contributed by atoms with Crippen molar-refractivity contribution < 1.29 is 14.6 Å². The standard InChI is InChI=1S/C15H20N2O5/c1-8(7-18)11-9(2)13(16(19)20)12(15(4,5)6)14(10(11)3)17(21)22/h7-8H,1-6H3. The molecular formula is C15H20N2O5. The van der Waals surface area contributed by atoms with E-state index in [1.807, 2.05) is 0 Å². The number of hydrogen-bond donors (Lipinski definition) is 0. The molecule has 0 aliphatic heterocycles. The predicted molar refractivity (Wildman–Crippen MR) is 82.4 cm³/mol. The number of nitrogens with zero attached hydrogens (tertiary/aromatic N) is 2. The Morgan fingerprint density at radius 3 is 1.59 bits per heavy atom. The van der Waals surface area contributed by atoms with Gasteiger partial charge in [0.1, 0.15) is 11.8 Å². The molecule has 1 rings (SSSR count). The second kappa shape index (κ2) is 5.82. The summed E-state index contributed by atoms with van der Waals surface area (Å²) in [5.41, 5.74) is -0.221. The van der Waals surface area contributed by atoms with Crippen molar-refractivity contribution in [1.29, 1.82) is 0 Å². The Morgan fingerprint density at radius 1 is 1.00 bits per heavy atom. The summed E-state index contributed by atoms with van der Waals surface area (Å²) in [6.07, 6.45) is 0.638. The Balaban J connectivity index is 4.13. The SMILES string of the molecule is Cc1c(C(C)C=O)c(C)c([N+](=O)[O-])c(C(C)(C)C)c1[N+](=O)[O-]. The van der Waals surface area contributed by atoms with Gasteiger partial charge in [0, 0.05) is 22.5 Å². The Labute approximate surface area is 128 Å². The molecule has 0 aliphatic carbocycles. The molecule has 7 heteroatoms. The normalized spacial score (nSPS) is 12.8. The van der Waals surface area contributed by atoms with Gasteiger partial charge in [-0.15, -0.1) is 0 Å². The van der Waals surface area contributed by atoms with Crippen LogP contribution in [0.4, 0.5) is 11.4 Å². The van der Waals surface area contributed by atoms with Crippen LogP contribution < -0.4 is 0 Å². The van der Waals surface area contributed by atoms with E-state index in [-0.39, 0.29) is 16.9 Å². The number of rotatable bonds is 4. The molecule has 0 saturated carbocycles. The van der Waals surface area contributed by atoms with E-state index in [2.05, 4.69) is 0 Å². The van der Waals surface area contributed by atoms with Crippen LogP contribution in [-0.2, 0) is 10.2 Å². The van der Waals surface area contributed by atoms with E-state index in [1.165, 1.54) is 0 Å². The van der Waals surface area contributed by atoms with Crippen LogP contribution in [0.3, 0.4) is 0 Å². The maximum Gasteiger partial charge on any atom is 0.283 e. The van der Waals surface area contributed by atoms with Gasteiger partial charge in [-0.05, 0) is 19.4 Å². The first-order valence-corrected chi connectivity index (χ1v) is 6.86. The fourth-order valence-electron chi connectivity index (χ4n) is 2.94. The maximum atomic E-state index is 11.5. The van der Waals surface area contributed by atoms with Crippen LogP contribution >= 0.6 is 0 Å². The number of hydrogen-bond acceptors (Lipinski definition) is 5. The summed E-state index contributed by atoms with van der Waals surface area (Å²) in [6, 6.07) is 0.